The lowest BCUT2D eigenvalue weighted by atomic mass is 10.0. The van der Waals surface area contributed by atoms with Crippen LogP contribution in [0.1, 0.15) is 18.1 Å². The van der Waals surface area contributed by atoms with Crippen molar-refractivity contribution >= 4 is 12.4 Å². The lowest BCUT2D eigenvalue weighted by molar-refractivity contribution is -0.253. The molecule has 11 heteroatoms. The number of aliphatic hydroxyl groups is 1. The van der Waals surface area contributed by atoms with Gasteiger partial charge in [-0.25, -0.2) is 0 Å². The molecule has 1 aromatic carbocycles. The van der Waals surface area contributed by atoms with Crippen LogP contribution in [0.4, 0.5) is 30.7 Å². The molecular weight excluding hydrogens is 359 g/mol. The summed E-state index contributed by atoms with van der Waals surface area (Å²) < 4.78 is 90.0. The highest BCUT2D eigenvalue weighted by Crippen LogP contribution is 2.31. The van der Waals surface area contributed by atoms with Crippen molar-refractivity contribution in [3.8, 4) is 5.75 Å². The first-order valence-corrected chi connectivity index (χ1v) is 5.89. The molecule has 0 aliphatic heterocycles. The highest BCUT2D eigenvalue weighted by atomic mass is 35.5. The standard InChI is InChI=1S/C12H12F7NO2.ClH/c13-10(14)12(18,19)22-7-3-1-2-6(4-7)8(21)5-9(20)11(15,16)17;/h1-4,8-10,21H,5,20H2;1H/t8-,9+;/m1./s1. The van der Waals surface area contributed by atoms with Gasteiger partial charge in [0.15, 0.2) is 0 Å². The molecular formula is C12H13ClF7NO2. The highest BCUT2D eigenvalue weighted by molar-refractivity contribution is 5.85. The van der Waals surface area contributed by atoms with Gasteiger partial charge in [-0.15, -0.1) is 12.4 Å². The molecule has 0 unspecified atom stereocenters. The van der Waals surface area contributed by atoms with Gasteiger partial charge >= 0.3 is 18.7 Å². The number of ether oxygens (including phenoxy) is 1. The van der Waals surface area contributed by atoms with Crippen molar-refractivity contribution in [2.24, 2.45) is 5.73 Å². The zero-order valence-electron chi connectivity index (χ0n) is 11.2. The molecule has 0 aliphatic carbocycles. The Morgan fingerprint density at radius 1 is 1.13 bits per heavy atom. The van der Waals surface area contributed by atoms with E-state index in [1.54, 1.807) is 0 Å². The van der Waals surface area contributed by atoms with E-state index in [2.05, 4.69) is 4.74 Å². The van der Waals surface area contributed by atoms with Gasteiger partial charge in [-0.2, -0.15) is 30.7 Å². The van der Waals surface area contributed by atoms with Gasteiger partial charge < -0.3 is 15.6 Å². The summed E-state index contributed by atoms with van der Waals surface area (Å²) in [6.07, 6.45) is -16.2. The minimum Gasteiger partial charge on any atom is -0.428 e. The van der Waals surface area contributed by atoms with Crippen LogP contribution in [0.3, 0.4) is 0 Å². The third kappa shape index (κ3) is 6.40. The summed E-state index contributed by atoms with van der Waals surface area (Å²) in [6, 6.07) is 1.50. The quantitative estimate of drug-likeness (QED) is 0.750. The number of hydrogen-bond donors (Lipinski definition) is 2. The second-order valence-electron chi connectivity index (χ2n) is 4.44. The number of alkyl halides is 7. The van der Waals surface area contributed by atoms with Crippen molar-refractivity contribution in [3.05, 3.63) is 29.8 Å². The van der Waals surface area contributed by atoms with Crippen molar-refractivity contribution in [1.82, 2.24) is 0 Å². The highest BCUT2D eigenvalue weighted by Gasteiger charge is 2.44. The number of hydrogen-bond acceptors (Lipinski definition) is 3. The van der Waals surface area contributed by atoms with Crippen LogP contribution in [0.15, 0.2) is 24.3 Å². The molecule has 0 radical (unpaired) electrons. The Hall–Kier alpha value is -1.26. The fraction of sp³-hybridized carbons (Fsp3) is 0.500. The molecule has 0 saturated carbocycles. The summed E-state index contributed by atoms with van der Waals surface area (Å²) >= 11 is 0. The molecule has 0 fully saturated rings. The SMILES string of the molecule is Cl.N[C@@H](C[C@@H](O)c1cccc(OC(F)(F)C(F)F)c1)C(F)(F)F. The van der Waals surface area contributed by atoms with E-state index in [1.807, 2.05) is 0 Å². The van der Waals surface area contributed by atoms with Crippen molar-refractivity contribution in [2.75, 3.05) is 0 Å². The predicted molar refractivity (Wildman–Crippen MR) is 68.9 cm³/mol. The van der Waals surface area contributed by atoms with Gasteiger partial charge in [-0.1, -0.05) is 12.1 Å². The number of halogens is 8. The zero-order valence-corrected chi connectivity index (χ0v) is 12.1. The van der Waals surface area contributed by atoms with Crippen molar-refractivity contribution < 1.29 is 40.6 Å². The van der Waals surface area contributed by atoms with Gasteiger partial charge in [0.1, 0.15) is 11.8 Å². The van der Waals surface area contributed by atoms with Crippen LogP contribution in [0.2, 0.25) is 0 Å². The largest absolute Gasteiger partial charge is 0.461 e. The number of aliphatic hydroxyl groups excluding tert-OH is 1. The minimum absolute atomic E-state index is 0. The lowest BCUT2D eigenvalue weighted by Crippen LogP contribution is -2.38. The molecule has 0 bridgehead atoms. The first-order chi connectivity index (χ1) is 9.93. The Balaban J connectivity index is 0.00000484. The van der Waals surface area contributed by atoms with E-state index in [9.17, 15) is 35.8 Å². The molecule has 0 heterocycles. The van der Waals surface area contributed by atoms with Crippen LogP contribution < -0.4 is 10.5 Å². The first kappa shape index (κ1) is 21.7. The molecule has 134 valence electrons. The average Bonchev–Trinajstić information content (AvgIpc) is 2.37. The fourth-order valence-electron chi connectivity index (χ4n) is 1.50. The van der Waals surface area contributed by atoms with E-state index < -0.39 is 43.0 Å². The molecule has 0 amide bonds. The zero-order chi connectivity index (χ0) is 17.1. The summed E-state index contributed by atoms with van der Waals surface area (Å²) in [4.78, 5) is 0. The number of benzene rings is 1. The van der Waals surface area contributed by atoms with Crippen molar-refractivity contribution in [3.63, 3.8) is 0 Å². The number of rotatable bonds is 6. The third-order valence-electron chi connectivity index (χ3n) is 2.65. The predicted octanol–water partition coefficient (Wildman–Crippen LogP) is 3.66. The van der Waals surface area contributed by atoms with Crippen LogP contribution in [0.5, 0.6) is 5.75 Å². The van der Waals surface area contributed by atoms with Gasteiger partial charge in [-0.05, 0) is 17.7 Å². The molecule has 3 N–H and O–H groups in total. The summed E-state index contributed by atoms with van der Waals surface area (Å²) in [7, 11) is 0. The summed E-state index contributed by atoms with van der Waals surface area (Å²) in [5, 5.41) is 9.62. The van der Waals surface area contributed by atoms with E-state index in [-0.39, 0.29) is 18.0 Å². The number of nitrogens with two attached hydrogens (primary N) is 1. The topological polar surface area (TPSA) is 55.5 Å². The molecule has 0 aromatic heterocycles. The summed E-state index contributed by atoms with van der Waals surface area (Å²) in [5.74, 6) is -0.720. The van der Waals surface area contributed by atoms with Crippen molar-refractivity contribution in [2.45, 2.75) is 37.3 Å². The Bertz CT molecular complexity index is 499. The summed E-state index contributed by atoms with van der Waals surface area (Å²) in [5.41, 5.74) is 4.61. The molecule has 3 nitrogen and oxygen atoms in total. The van der Waals surface area contributed by atoms with Gasteiger partial charge in [-0.3, -0.25) is 0 Å². The van der Waals surface area contributed by atoms with Gasteiger partial charge in [0.25, 0.3) is 0 Å². The maximum absolute atomic E-state index is 12.7. The van der Waals surface area contributed by atoms with Gasteiger partial charge in [0.2, 0.25) is 0 Å². The first-order valence-electron chi connectivity index (χ1n) is 5.89. The second-order valence-corrected chi connectivity index (χ2v) is 4.44. The second kappa shape index (κ2) is 8.02. The Morgan fingerprint density at radius 3 is 2.17 bits per heavy atom. The molecule has 0 spiro atoms. The molecule has 0 saturated heterocycles. The molecule has 2 atom stereocenters. The van der Waals surface area contributed by atoms with Crippen LogP contribution in [0, 0.1) is 0 Å². The maximum Gasteiger partial charge on any atom is 0.461 e. The maximum atomic E-state index is 12.7. The smallest absolute Gasteiger partial charge is 0.428 e. The van der Waals surface area contributed by atoms with Crippen LogP contribution >= 0.6 is 12.4 Å². The molecule has 0 aliphatic rings. The molecule has 1 aromatic rings. The van der Waals surface area contributed by atoms with Crippen molar-refractivity contribution in [1.29, 1.82) is 0 Å². The Kier molecular flexibility index (Phi) is 7.58. The Labute approximate surface area is 132 Å². The van der Waals surface area contributed by atoms with E-state index in [0.717, 1.165) is 24.3 Å². The summed E-state index contributed by atoms with van der Waals surface area (Å²) in [6.45, 7) is 0. The lowest BCUT2D eigenvalue weighted by Gasteiger charge is -2.20. The van der Waals surface area contributed by atoms with Gasteiger partial charge in [0.05, 0.1) is 6.10 Å². The normalized spacial score (nSPS) is 15.0. The molecule has 23 heavy (non-hydrogen) atoms. The van der Waals surface area contributed by atoms with E-state index in [0.29, 0.717) is 0 Å². The molecule has 1 rings (SSSR count). The van der Waals surface area contributed by atoms with Crippen LogP contribution in [0.25, 0.3) is 0 Å². The van der Waals surface area contributed by atoms with E-state index in [1.165, 1.54) is 0 Å². The third-order valence-corrected chi connectivity index (χ3v) is 2.65. The van der Waals surface area contributed by atoms with Crippen LogP contribution in [-0.2, 0) is 0 Å². The Morgan fingerprint density at radius 2 is 1.70 bits per heavy atom. The fourth-order valence-corrected chi connectivity index (χ4v) is 1.50. The average molecular weight is 372 g/mol. The van der Waals surface area contributed by atoms with Crippen LogP contribution in [-0.4, -0.2) is 29.9 Å². The van der Waals surface area contributed by atoms with E-state index in [4.69, 9.17) is 5.73 Å². The van der Waals surface area contributed by atoms with E-state index >= 15 is 0 Å². The minimum atomic E-state index is -4.76. The monoisotopic (exact) mass is 371 g/mol. The van der Waals surface area contributed by atoms with Gasteiger partial charge in [0, 0.05) is 6.42 Å².